The quantitative estimate of drug-likeness (QED) is 0.785. The molecule has 5 nitrogen and oxygen atoms in total. The molecule has 0 saturated carbocycles. The Morgan fingerprint density at radius 1 is 1.04 bits per heavy atom. The second-order valence-electron chi connectivity index (χ2n) is 5.61. The van der Waals surface area contributed by atoms with E-state index >= 15 is 0 Å². The fourth-order valence-corrected chi connectivity index (χ4v) is 3.74. The molecule has 0 amide bonds. The Bertz CT molecular complexity index is 1010. The Balaban J connectivity index is 2.03. The minimum Gasteiger partial charge on any atom is -0.495 e. The van der Waals surface area contributed by atoms with E-state index in [9.17, 15) is 8.42 Å². The van der Waals surface area contributed by atoms with Crippen molar-refractivity contribution in [1.29, 1.82) is 0 Å². The van der Waals surface area contributed by atoms with Gasteiger partial charge in [0, 0.05) is 5.39 Å². The molecule has 0 fully saturated rings. The van der Waals surface area contributed by atoms with Crippen LogP contribution in [0.5, 0.6) is 5.75 Å². The first kappa shape index (κ1) is 16.3. The summed E-state index contributed by atoms with van der Waals surface area (Å²) < 4.78 is 33.3. The van der Waals surface area contributed by atoms with Crippen LogP contribution in [-0.4, -0.2) is 20.5 Å². The van der Waals surface area contributed by atoms with E-state index in [0.717, 1.165) is 22.0 Å². The number of nitrogens with one attached hydrogen (secondary N) is 1. The van der Waals surface area contributed by atoms with Gasteiger partial charge in [-0.3, -0.25) is 9.71 Å². The average molecular weight is 342 g/mol. The zero-order valence-electron chi connectivity index (χ0n) is 13.7. The molecule has 3 rings (SSSR count). The molecular weight excluding hydrogens is 324 g/mol. The molecular formula is C18H18N2O3S. The molecule has 0 spiro atoms. The molecule has 0 aliphatic heterocycles. The third kappa shape index (κ3) is 3.05. The lowest BCUT2D eigenvalue weighted by Gasteiger charge is -2.14. The van der Waals surface area contributed by atoms with Crippen molar-refractivity contribution < 1.29 is 13.2 Å². The molecule has 24 heavy (non-hydrogen) atoms. The largest absolute Gasteiger partial charge is 0.495 e. The number of fused-ring (bicyclic) bond motifs is 1. The zero-order chi connectivity index (χ0) is 17.3. The highest BCUT2D eigenvalue weighted by atomic mass is 32.2. The number of para-hydroxylation sites is 1. The molecule has 6 heteroatoms. The van der Waals surface area contributed by atoms with Crippen molar-refractivity contribution in [2.45, 2.75) is 18.7 Å². The summed E-state index contributed by atoms with van der Waals surface area (Å²) in [5, 5.41) is 0.866. The summed E-state index contributed by atoms with van der Waals surface area (Å²) in [6.07, 6.45) is 1.51. The third-order valence-electron chi connectivity index (χ3n) is 3.91. The van der Waals surface area contributed by atoms with Crippen molar-refractivity contribution in [2.75, 3.05) is 11.8 Å². The number of sulfonamides is 1. The van der Waals surface area contributed by atoms with Gasteiger partial charge in [0.25, 0.3) is 10.0 Å². The molecule has 1 aromatic heterocycles. The number of aryl methyl sites for hydroxylation is 2. The fraction of sp³-hybridized carbons (Fsp3) is 0.167. The molecule has 1 heterocycles. The number of rotatable bonds is 4. The molecule has 124 valence electrons. The summed E-state index contributed by atoms with van der Waals surface area (Å²) in [6, 6.07) is 12.6. The number of hydrogen-bond acceptors (Lipinski definition) is 4. The first-order valence-corrected chi connectivity index (χ1v) is 8.92. The molecule has 0 bridgehead atoms. The van der Waals surface area contributed by atoms with Crippen molar-refractivity contribution in [3.8, 4) is 5.75 Å². The van der Waals surface area contributed by atoms with Crippen LogP contribution in [0.3, 0.4) is 0 Å². The van der Waals surface area contributed by atoms with Crippen molar-refractivity contribution in [1.82, 2.24) is 4.98 Å². The van der Waals surface area contributed by atoms with Gasteiger partial charge < -0.3 is 4.74 Å². The van der Waals surface area contributed by atoms with Gasteiger partial charge in [-0.15, -0.1) is 0 Å². The highest BCUT2D eigenvalue weighted by Gasteiger charge is 2.21. The minimum absolute atomic E-state index is 0.112. The van der Waals surface area contributed by atoms with Gasteiger partial charge in [-0.1, -0.05) is 18.2 Å². The van der Waals surface area contributed by atoms with E-state index in [2.05, 4.69) is 9.71 Å². The minimum atomic E-state index is -3.78. The van der Waals surface area contributed by atoms with Gasteiger partial charge in [0.2, 0.25) is 0 Å². The lowest BCUT2D eigenvalue weighted by Crippen LogP contribution is -2.14. The molecule has 0 unspecified atom stereocenters. The predicted molar refractivity (Wildman–Crippen MR) is 95.0 cm³/mol. The van der Waals surface area contributed by atoms with E-state index in [4.69, 9.17) is 4.74 Å². The van der Waals surface area contributed by atoms with Crippen molar-refractivity contribution in [3.05, 3.63) is 59.8 Å². The van der Waals surface area contributed by atoms with Crippen molar-refractivity contribution in [2.24, 2.45) is 0 Å². The standard InChI is InChI=1S/C18H18N2O3S/c1-12-8-17(23-3)18(9-13(12)2)24(21,22)20-15-10-14-6-4-5-7-16(14)19-11-15/h4-11,20H,1-3H3. The lowest BCUT2D eigenvalue weighted by molar-refractivity contribution is 0.402. The van der Waals surface area contributed by atoms with Crippen LogP contribution in [0.1, 0.15) is 11.1 Å². The van der Waals surface area contributed by atoms with E-state index in [1.807, 2.05) is 38.1 Å². The van der Waals surface area contributed by atoms with Gasteiger partial charge in [-0.05, 0) is 49.2 Å². The fourth-order valence-electron chi connectivity index (χ4n) is 2.47. The average Bonchev–Trinajstić information content (AvgIpc) is 2.56. The van der Waals surface area contributed by atoms with Gasteiger partial charge >= 0.3 is 0 Å². The van der Waals surface area contributed by atoms with Crippen LogP contribution in [0, 0.1) is 13.8 Å². The van der Waals surface area contributed by atoms with Gasteiger partial charge in [-0.2, -0.15) is 0 Å². The van der Waals surface area contributed by atoms with Crippen LogP contribution < -0.4 is 9.46 Å². The highest BCUT2D eigenvalue weighted by Crippen LogP contribution is 2.29. The molecule has 2 aromatic carbocycles. The number of aromatic nitrogens is 1. The summed E-state index contributed by atoms with van der Waals surface area (Å²) in [6.45, 7) is 3.78. The van der Waals surface area contributed by atoms with E-state index in [1.165, 1.54) is 13.3 Å². The smallest absolute Gasteiger partial charge is 0.265 e. The first-order chi connectivity index (χ1) is 11.4. The molecule has 0 atom stereocenters. The van der Waals surface area contributed by atoms with E-state index in [-0.39, 0.29) is 4.90 Å². The van der Waals surface area contributed by atoms with E-state index < -0.39 is 10.0 Å². The number of ether oxygens (including phenoxy) is 1. The Hall–Kier alpha value is -2.60. The Kier molecular flexibility index (Phi) is 4.15. The third-order valence-corrected chi connectivity index (χ3v) is 5.31. The maximum atomic E-state index is 12.8. The first-order valence-electron chi connectivity index (χ1n) is 7.43. The molecule has 1 N–H and O–H groups in total. The Labute approximate surface area is 141 Å². The van der Waals surface area contributed by atoms with Crippen LogP contribution in [0.2, 0.25) is 0 Å². The van der Waals surface area contributed by atoms with Gasteiger partial charge in [0.05, 0.1) is 24.5 Å². The van der Waals surface area contributed by atoms with Crippen molar-refractivity contribution >= 4 is 26.6 Å². The monoisotopic (exact) mass is 342 g/mol. The number of pyridine rings is 1. The van der Waals surface area contributed by atoms with Crippen LogP contribution in [0.25, 0.3) is 10.9 Å². The van der Waals surface area contributed by atoms with Crippen LogP contribution in [-0.2, 0) is 10.0 Å². The summed E-state index contributed by atoms with van der Waals surface area (Å²) in [7, 11) is -2.32. The Morgan fingerprint density at radius 2 is 1.75 bits per heavy atom. The summed E-state index contributed by atoms with van der Waals surface area (Å²) in [5.74, 6) is 0.319. The number of benzene rings is 2. The normalized spacial score (nSPS) is 11.5. The predicted octanol–water partition coefficient (Wildman–Crippen LogP) is 3.66. The van der Waals surface area contributed by atoms with Gasteiger partial charge in [0.15, 0.2) is 0 Å². The van der Waals surface area contributed by atoms with Crippen LogP contribution in [0.15, 0.2) is 53.6 Å². The summed E-state index contributed by atoms with van der Waals surface area (Å²) in [5.41, 5.74) is 3.07. The van der Waals surface area contributed by atoms with Crippen molar-refractivity contribution in [3.63, 3.8) is 0 Å². The van der Waals surface area contributed by atoms with E-state index in [1.54, 1.807) is 18.2 Å². The Morgan fingerprint density at radius 3 is 2.50 bits per heavy atom. The van der Waals surface area contributed by atoms with Crippen LogP contribution >= 0.6 is 0 Å². The second kappa shape index (κ2) is 6.13. The number of nitrogens with zero attached hydrogens (tertiary/aromatic N) is 1. The lowest BCUT2D eigenvalue weighted by atomic mass is 10.1. The number of methoxy groups -OCH3 is 1. The molecule has 0 aliphatic rings. The number of anilines is 1. The molecule has 0 saturated heterocycles. The van der Waals surface area contributed by atoms with Crippen LogP contribution in [0.4, 0.5) is 5.69 Å². The second-order valence-corrected chi connectivity index (χ2v) is 7.26. The number of hydrogen-bond donors (Lipinski definition) is 1. The maximum Gasteiger partial charge on any atom is 0.265 e. The highest BCUT2D eigenvalue weighted by molar-refractivity contribution is 7.92. The zero-order valence-corrected chi connectivity index (χ0v) is 14.5. The van der Waals surface area contributed by atoms with Gasteiger partial charge in [-0.25, -0.2) is 8.42 Å². The SMILES string of the molecule is COc1cc(C)c(C)cc1S(=O)(=O)Nc1cnc2ccccc2c1. The summed E-state index contributed by atoms with van der Waals surface area (Å²) in [4.78, 5) is 4.39. The molecule has 0 radical (unpaired) electrons. The molecule has 3 aromatic rings. The maximum absolute atomic E-state index is 12.8. The summed E-state index contributed by atoms with van der Waals surface area (Å²) >= 11 is 0. The topological polar surface area (TPSA) is 68.3 Å². The molecule has 0 aliphatic carbocycles. The van der Waals surface area contributed by atoms with E-state index in [0.29, 0.717) is 11.4 Å². The van der Waals surface area contributed by atoms with Gasteiger partial charge in [0.1, 0.15) is 10.6 Å².